The number of hydrogen-bond donors (Lipinski definition) is 0. The van der Waals surface area contributed by atoms with Crippen LogP contribution in [0.5, 0.6) is 11.5 Å². The standard InChI is InChI=1S/C13H8BrNO4/c14-11-7-10(6-5-9(11)8-16)19-13-4-2-1-3-12(13)15(17)18/h1-8H. The van der Waals surface area contributed by atoms with Gasteiger partial charge < -0.3 is 4.74 Å². The quantitative estimate of drug-likeness (QED) is 0.485. The molecule has 0 N–H and O–H groups in total. The molecule has 0 aromatic heterocycles. The van der Waals surface area contributed by atoms with Gasteiger partial charge in [0.15, 0.2) is 6.29 Å². The molecule has 0 spiro atoms. The third kappa shape index (κ3) is 2.97. The first-order valence-corrected chi connectivity index (χ1v) is 6.07. The molecule has 0 atom stereocenters. The summed E-state index contributed by atoms with van der Waals surface area (Å²) < 4.78 is 6.03. The molecule has 0 aliphatic rings. The van der Waals surface area contributed by atoms with Crippen molar-refractivity contribution in [1.29, 1.82) is 0 Å². The summed E-state index contributed by atoms with van der Waals surface area (Å²) in [6.07, 6.45) is 0.707. The van der Waals surface area contributed by atoms with Crippen molar-refractivity contribution in [1.82, 2.24) is 0 Å². The molecule has 0 aliphatic heterocycles. The number of halogens is 1. The van der Waals surface area contributed by atoms with Crippen LogP contribution in [0.2, 0.25) is 0 Å². The number of benzene rings is 2. The van der Waals surface area contributed by atoms with Crippen LogP contribution in [-0.4, -0.2) is 11.2 Å². The highest BCUT2D eigenvalue weighted by Gasteiger charge is 2.14. The zero-order chi connectivity index (χ0) is 13.8. The molecule has 2 aromatic rings. The average molecular weight is 322 g/mol. The smallest absolute Gasteiger partial charge is 0.311 e. The van der Waals surface area contributed by atoms with Crippen LogP contribution in [0.25, 0.3) is 0 Å². The first kappa shape index (κ1) is 13.2. The van der Waals surface area contributed by atoms with E-state index in [0.29, 0.717) is 22.1 Å². The number of nitro groups is 1. The van der Waals surface area contributed by atoms with Crippen molar-refractivity contribution in [3.8, 4) is 11.5 Å². The molecule has 0 heterocycles. The van der Waals surface area contributed by atoms with Gasteiger partial charge in [-0.3, -0.25) is 14.9 Å². The summed E-state index contributed by atoms with van der Waals surface area (Å²) in [6, 6.07) is 10.8. The number of hydrogen-bond acceptors (Lipinski definition) is 4. The van der Waals surface area contributed by atoms with Gasteiger partial charge in [0.05, 0.1) is 4.92 Å². The maximum Gasteiger partial charge on any atom is 0.311 e. The topological polar surface area (TPSA) is 69.4 Å². The van der Waals surface area contributed by atoms with E-state index in [1.807, 2.05) is 0 Å². The van der Waals surface area contributed by atoms with Crippen LogP contribution in [0.1, 0.15) is 10.4 Å². The highest BCUT2D eigenvalue weighted by molar-refractivity contribution is 9.10. The molecule has 2 rings (SSSR count). The fourth-order valence-corrected chi connectivity index (χ4v) is 1.94. The number of carbonyl (C=O) groups is 1. The molecule has 6 heteroatoms. The highest BCUT2D eigenvalue weighted by Crippen LogP contribution is 2.32. The molecule has 0 saturated heterocycles. The van der Waals surface area contributed by atoms with Crippen LogP contribution in [0, 0.1) is 10.1 Å². The summed E-state index contributed by atoms with van der Waals surface area (Å²) in [6.45, 7) is 0. The predicted octanol–water partition coefficient (Wildman–Crippen LogP) is 3.96. The van der Waals surface area contributed by atoms with Gasteiger partial charge in [0.2, 0.25) is 5.75 Å². The van der Waals surface area contributed by atoms with Crippen LogP contribution >= 0.6 is 15.9 Å². The van der Waals surface area contributed by atoms with Gasteiger partial charge in [0, 0.05) is 16.1 Å². The van der Waals surface area contributed by atoms with Gasteiger partial charge in [0.1, 0.15) is 5.75 Å². The molecule has 0 aliphatic carbocycles. The van der Waals surface area contributed by atoms with Gasteiger partial charge in [-0.1, -0.05) is 12.1 Å². The minimum absolute atomic E-state index is 0.113. The summed E-state index contributed by atoms with van der Waals surface area (Å²) in [5, 5.41) is 10.8. The second-order valence-electron chi connectivity index (χ2n) is 3.63. The molecule has 96 valence electrons. The monoisotopic (exact) mass is 321 g/mol. The Kier molecular flexibility index (Phi) is 3.91. The van der Waals surface area contributed by atoms with Crippen molar-refractivity contribution in [2.45, 2.75) is 0 Å². The molecular weight excluding hydrogens is 314 g/mol. The number of para-hydroxylation sites is 2. The van der Waals surface area contributed by atoms with E-state index >= 15 is 0 Å². The Hall–Kier alpha value is -2.21. The maximum absolute atomic E-state index is 10.8. The minimum Gasteiger partial charge on any atom is -0.450 e. The zero-order valence-corrected chi connectivity index (χ0v) is 11.2. The van der Waals surface area contributed by atoms with Gasteiger partial charge in [0.25, 0.3) is 0 Å². The minimum atomic E-state index is -0.510. The van der Waals surface area contributed by atoms with E-state index in [1.165, 1.54) is 12.1 Å². The summed E-state index contributed by atoms with van der Waals surface area (Å²) in [5.41, 5.74) is 0.369. The maximum atomic E-state index is 10.8. The van der Waals surface area contributed by atoms with Crippen molar-refractivity contribution in [2.24, 2.45) is 0 Å². The molecule has 0 amide bonds. The SMILES string of the molecule is O=Cc1ccc(Oc2ccccc2[N+](=O)[O-])cc1Br. The number of rotatable bonds is 4. The van der Waals surface area contributed by atoms with Crippen LogP contribution in [0.15, 0.2) is 46.9 Å². The summed E-state index contributed by atoms with van der Waals surface area (Å²) in [4.78, 5) is 21.0. The van der Waals surface area contributed by atoms with Crippen LogP contribution in [0.4, 0.5) is 5.69 Å². The second-order valence-corrected chi connectivity index (χ2v) is 4.48. The summed E-state index contributed by atoms with van der Waals surface area (Å²) in [5.74, 6) is 0.560. The van der Waals surface area contributed by atoms with Crippen molar-refractivity contribution in [3.63, 3.8) is 0 Å². The lowest BCUT2D eigenvalue weighted by Gasteiger charge is -2.07. The fraction of sp³-hybridized carbons (Fsp3) is 0. The van der Waals surface area contributed by atoms with Gasteiger partial charge in [-0.2, -0.15) is 0 Å². The molecule has 0 saturated carbocycles. The lowest BCUT2D eigenvalue weighted by atomic mass is 10.2. The van der Waals surface area contributed by atoms with E-state index in [0.717, 1.165) is 0 Å². The van der Waals surface area contributed by atoms with Crippen LogP contribution in [-0.2, 0) is 0 Å². The third-order valence-corrected chi connectivity index (χ3v) is 3.08. The number of carbonyl (C=O) groups excluding carboxylic acids is 1. The fourth-order valence-electron chi connectivity index (χ4n) is 1.49. The van der Waals surface area contributed by atoms with E-state index in [9.17, 15) is 14.9 Å². The summed E-state index contributed by atoms with van der Waals surface area (Å²) in [7, 11) is 0. The molecule has 19 heavy (non-hydrogen) atoms. The molecule has 0 bridgehead atoms. The van der Waals surface area contributed by atoms with E-state index < -0.39 is 4.92 Å². The van der Waals surface area contributed by atoms with E-state index in [4.69, 9.17) is 4.74 Å². The molecule has 0 unspecified atom stereocenters. The molecule has 0 radical (unpaired) electrons. The van der Waals surface area contributed by atoms with E-state index in [2.05, 4.69) is 15.9 Å². The Morgan fingerprint density at radius 1 is 1.21 bits per heavy atom. The van der Waals surface area contributed by atoms with Gasteiger partial charge in [-0.25, -0.2) is 0 Å². The first-order valence-electron chi connectivity index (χ1n) is 5.28. The van der Waals surface area contributed by atoms with Gasteiger partial charge >= 0.3 is 5.69 Å². The van der Waals surface area contributed by atoms with E-state index in [-0.39, 0.29) is 11.4 Å². The zero-order valence-electron chi connectivity index (χ0n) is 9.58. The number of aldehydes is 1. The van der Waals surface area contributed by atoms with Crippen molar-refractivity contribution in [3.05, 3.63) is 62.6 Å². The third-order valence-electron chi connectivity index (χ3n) is 2.39. The molecule has 0 fully saturated rings. The Bertz CT molecular complexity index is 642. The lowest BCUT2D eigenvalue weighted by Crippen LogP contribution is -1.93. The number of nitro benzene ring substituents is 1. The normalized spacial score (nSPS) is 9.95. The Morgan fingerprint density at radius 3 is 2.58 bits per heavy atom. The molecule has 2 aromatic carbocycles. The first-order chi connectivity index (χ1) is 9.11. The Balaban J connectivity index is 2.34. The van der Waals surface area contributed by atoms with Gasteiger partial charge in [-0.15, -0.1) is 0 Å². The van der Waals surface area contributed by atoms with Crippen molar-refractivity contribution < 1.29 is 14.5 Å². The highest BCUT2D eigenvalue weighted by atomic mass is 79.9. The van der Waals surface area contributed by atoms with Crippen molar-refractivity contribution in [2.75, 3.05) is 0 Å². The lowest BCUT2D eigenvalue weighted by molar-refractivity contribution is -0.385. The number of nitrogens with zero attached hydrogens (tertiary/aromatic N) is 1. The van der Waals surface area contributed by atoms with E-state index in [1.54, 1.807) is 30.3 Å². The Morgan fingerprint density at radius 2 is 1.95 bits per heavy atom. The number of ether oxygens (including phenoxy) is 1. The van der Waals surface area contributed by atoms with Gasteiger partial charge in [-0.05, 0) is 40.2 Å². The molecular formula is C13H8BrNO4. The van der Waals surface area contributed by atoms with Crippen LogP contribution in [0.3, 0.4) is 0 Å². The second kappa shape index (κ2) is 5.62. The largest absolute Gasteiger partial charge is 0.450 e. The molecule has 5 nitrogen and oxygen atoms in total. The average Bonchev–Trinajstić information content (AvgIpc) is 2.39. The predicted molar refractivity (Wildman–Crippen MR) is 72.7 cm³/mol. The van der Waals surface area contributed by atoms with Crippen molar-refractivity contribution >= 4 is 27.9 Å². The van der Waals surface area contributed by atoms with Crippen LogP contribution < -0.4 is 4.74 Å². The summed E-state index contributed by atoms with van der Waals surface area (Å²) >= 11 is 3.22. The Labute approximate surface area is 117 Å².